The van der Waals surface area contributed by atoms with Crippen LogP contribution in [0.5, 0.6) is 23.0 Å². The highest BCUT2D eigenvalue weighted by molar-refractivity contribution is 5.83. The number of aromatic nitrogens is 6. The van der Waals surface area contributed by atoms with Crippen LogP contribution < -0.4 is 72.9 Å². The van der Waals surface area contributed by atoms with Crippen LogP contribution in [0.3, 0.4) is 0 Å². The van der Waals surface area contributed by atoms with Crippen molar-refractivity contribution in [3.8, 4) is 23.0 Å². The summed E-state index contributed by atoms with van der Waals surface area (Å²) in [5, 5.41) is 24.3. The summed E-state index contributed by atoms with van der Waals surface area (Å²) in [6, 6.07) is 20.7. The number of hydrogen-bond acceptors (Lipinski definition) is 22. The van der Waals surface area contributed by atoms with E-state index in [2.05, 4.69) is 151 Å². The Balaban J connectivity index is 1.24. The van der Waals surface area contributed by atoms with Crippen LogP contribution in [0, 0.1) is 10.8 Å². The van der Waals surface area contributed by atoms with E-state index in [-0.39, 0.29) is 73.7 Å². The fourth-order valence-corrected chi connectivity index (χ4v) is 10.2. The lowest BCUT2D eigenvalue weighted by Crippen LogP contribution is -2.43. The molecule has 520 valence electrons. The van der Waals surface area contributed by atoms with Crippen molar-refractivity contribution in [2.24, 2.45) is 10.8 Å². The van der Waals surface area contributed by atoms with Crippen LogP contribution in [-0.2, 0) is 44.7 Å². The van der Waals surface area contributed by atoms with Crippen LogP contribution in [-0.4, -0.2) is 131 Å². The van der Waals surface area contributed by atoms with E-state index in [1.807, 2.05) is 27.7 Å². The second-order valence-electron chi connectivity index (χ2n) is 27.4. The number of carbonyl (C=O) groups excluding carboxylic acids is 4. The van der Waals surface area contributed by atoms with E-state index in [0.717, 1.165) is 93.2 Å². The molecule has 4 aromatic carbocycles. The molecule has 0 atom stereocenters. The van der Waals surface area contributed by atoms with Gasteiger partial charge in [-0.15, -0.1) is 0 Å². The van der Waals surface area contributed by atoms with Crippen LogP contribution in [0.25, 0.3) is 0 Å². The van der Waals surface area contributed by atoms with E-state index in [0.29, 0.717) is 76.6 Å². The summed E-state index contributed by atoms with van der Waals surface area (Å²) in [4.78, 5) is 77.2. The molecule has 1 aliphatic rings. The van der Waals surface area contributed by atoms with Crippen LogP contribution in [0.4, 0.5) is 56.7 Å². The molecule has 0 radical (unpaired) electrons. The Labute approximate surface area is 564 Å². The quantitative estimate of drug-likeness (QED) is 0.0200. The maximum absolute atomic E-state index is 12.7. The second kappa shape index (κ2) is 33.7. The van der Waals surface area contributed by atoms with E-state index in [9.17, 15) is 19.2 Å². The van der Waals surface area contributed by atoms with Gasteiger partial charge in [-0.1, -0.05) is 91.8 Å². The van der Waals surface area contributed by atoms with Crippen molar-refractivity contribution >= 4 is 71.1 Å². The number of nitrogens with zero attached hydrogens (tertiary/aromatic N) is 6. The molecule has 26 heteroatoms. The topological polar surface area (TPSA) is 349 Å². The highest BCUT2D eigenvalue weighted by Gasteiger charge is 2.27. The molecule has 0 aliphatic heterocycles. The third-order valence-corrected chi connectivity index (χ3v) is 14.5. The van der Waals surface area contributed by atoms with Crippen LogP contribution in [0.2, 0.25) is 0 Å². The minimum absolute atomic E-state index is 0.0113. The summed E-state index contributed by atoms with van der Waals surface area (Å²) < 4.78 is 37.9. The number of ether oxygens (including phenoxy) is 6. The summed E-state index contributed by atoms with van der Waals surface area (Å²) >= 11 is 0. The first kappa shape index (κ1) is 73.8. The number of amides is 4. The summed E-state index contributed by atoms with van der Waals surface area (Å²) in [6.07, 6.45) is 3.34. The van der Waals surface area contributed by atoms with Crippen molar-refractivity contribution < 1.29 is 47.6 Å². The third-order valence-electron chi connectivity index (χ3n) is 14.5. The number of nitrogen functional groups attached to an aromatic ring is 2. The second-order valence-corrected chi connectivity index (χ2v) is 27.4. The maximum atomic E-state index is 12.7. The molecule has 96 heavy (non-hydrogen) atoms. The van der Waals surface area contributed by atoms with E-state index in [1.54, 1.807) is 41.5 Å². The third kappa shape index (κ3) is 23.4. The molecule has 2 aromatic heterocycles. The molecular formula is C70H100N16O10. The van der Waals surface area contributed by atoms with Gasteiger partial charge in [0.25, 0.3) is 0 Å². The predicted molar refractivity (Wildman–Crippen MR) is 374 cm³/mol. The van der Waals surface area contributed by atoms with Gasteiger partial charge in [-0.3, -0.25) is 9.59 Å². The number of nitrogens with one attached hydrogen (secondary N) is 8. The lowest BCUT2D eigenvalue weighted by molar-refractivity contribution is -0.121. The fourth-order valence-electron chi connectivity index (χ4n) is 10.2. The Morgan fingerprint density at radius 1 is 0.406 bits per heavy atom. The molecule has 4 amide bonds. The minimum Gasteiger partial charge on any atom is -0.493 e. The summed E-state index contributed by atoms with van der Waals surface area (Å²) in [6.45, 7) is 29.3. The number of fused-ring (bicyclic) bond motifs is 8. The number of anilines is 8. The molecule has 26 nitrogen and oxygen atoms in total. The zero-order valence-corrected chi connectivity index (χ0v) is 58.4. The van der Waals surface area contributed by atoms with Gasteiger partial charge in [-0.25, -0.2) is 9.59 Å². The highest BCUT2D eigenvalue weighted by atomic mass is 16.6. The van der Waals surface area contributed by atoms with Gasteiger partial charge < -0.3 is 82.4 Å². The Morgan fingerprint density at radius 2 is 0.698 bits per heavy atom. The summed E-state index contributed by atoms with van der Waals surface area (Å²) in [5.74, 6) is 3.08. The molecular weight excluding hydrogens is 1220 g/mol. The normalized spacial score (nSPS) is 12.3. The molecule has 8 bridgehead atoms. The SMILES string of the molecule is CCCOc1c2cccc1Cc1cc(Nc3nc(N)nc(NCC(C)(C)CNC(=O)CNC(=O)OC(C)(C)C)n3)cc(c1OCCC)Cc1cccc(c1OCCC)Cc1cc(Nc3nc(N)nc(NCC(C)(C)CNC(=O)CNC(=O)OC(C)(C)C)n3)cc(c1OCCC)C2. The number of rotatable bonds is 30. The molecule has 0 fully saturated rings. The number of alkyl carbamates (subject to hydrolysis) is 2. The first-order chi connectivity index (χ1) is 45.5. The standard InChI is InChI=1S/C70H100N16O10/c1-15-25-91-55-43-21-19-22-44(55)30-48-34-52(80-64-84-60(72)82-62(86-64)78-42-70(13,14)40-76-54(88)38-74-66(90)96-68(8,9)10)36-50(58(48)94-28-18-4)32-46-24-20-23-45(56(46)92-26-16-2)31-49-35-51(33-47(29-43)57(49)93-27-17-3)79-63-83-59(71)81-61(85-63)77-41-69(11,12)39-75-53(87)37-73-65(89)95-67(5,6)7/h19-24,33-36H,15-18,25-32,37-42H2,1-14H3,(H,73,89)(H,74,90)(H,75,87)(H,76,88)(H4,71,77,79,81,83,85)(H4,72,78,80,82,84,86). The van der Waals surface area contributed by atoms with Crippen molar-refractivity contribution in [3.63, 3.8) is 0 Å². The molecule has 0 spiro atoms. The van der Waals surface area contributed by atoms with E-state index < -0.39 is 34.2 Å². The van der Waals surface area contributed by atoms with Crippen LogP contribution in [0.15, 0.2) is 60.7 Å². The zero-order valence-electron chi connectivity index (χ0n) is 58.4. The van der Waals surface area contributed by atoms with Gasteiger partial charge >= 0.3 is 12.2 Å². The van der Waals surface area contributed by atoms with Gasteiger partial charge in [0.05, 0.1) is 39.5 Å². The van der Waals surface area contributed by atoms with Crippen molar-refractivity contribution in [2.45, 2.75) is 160 Å². The lowest BCUT2D eigenvalue weighted by Gasteiger charge is -2.25. The molecule has 7 rings (SSSR count). The highest BCUT2D eigenvalue weighted by Crippen LogP contribution is 2.42. The Morgan fingerprint density at radius 3 is 0.990 bits per heavy atom. The number of nitrogens with two attached hydrogens (primary N) is 2. The van der Waals surface area contributed by atoms with E-state index in [4.69, 9.17) is 49.9 Å². The molecule has 0 saturated heterocycles. The molecule has 1 aliphatic carbocycles. The van der Waals surface area contributed by atoms with Gasteiger partial charge in [-0.2, -0.15) is 29.9 Å². The van der Waals surface area contributed by atoms with Gasteiger partial charge in [0, 0.05) is 85.5 Å². The number of carbonyl (C=O) groups is 4. The van der Waals surface area contributed by atoms with Crippen molar-refractivity contribution in [2.75, 3.05) is 98.4 Å². The molecule has 2 heterocycles. The smallest absolute Gasteiger partial charge is 0.408 e. The maximum Gasteiger partial charge on any atom is 0.408 e. The van der Waals surface area contributed by atoms with Gasteiger partial charge in [-0.05, 0) is 125 Å². The van der Waals surface area contributed by atoms with E-state index >= 15 is 0 Å². The summed E-state index contributed by atoms with van der Waals surface area (Å²) in [7, 11) is 0. The molecule has 0 saturated carbocycles. The van der Waals surface area contributed by atoms with Gasteiger partial charge in [0.15, 0.2) is 0 Å². The average Bonchev–Trinajstić information content (AvgIpc) is 0.783. The Hall–Kier alpha value is -9.62. The zero-order chi connectivity index (χ0) is 69.8. The Bertz CT molecular complexity index is 3320. The Kier molecular flexibility index (Phi) is 25.9. The number of para-hydroxylation sites is 2. The molecule has 0 unspecified atom stereocenters. The monoisotopic (exact) mass is 1320 g/mol. The first-order valence-corrected chi connectivity index (χ1v) is 33.1. The van der Waals surface area contributed by atoms with Crippen molar-refractivity contribution in [3.05, 3.63) is 105 Å². The van der Waals surface area contributed by atoms with Crippen LogP contribution >= 0.6 is 0 Å². The summed E-state index contributed by atoms with van der Waals surface area (Å²) in [5.41, 5.74) is 19.1. The largest absolute Gasteiger partial charge is 0.493 e. The van der Waals surface area contributed by atoms with Crippen molar-refractivity contribution in [1.82, 2.24) is 51.2 Å². The first-order valence-electron chi connectivity index (χ1n) is 33.1. The fraction of sp³-hybridized carbons (Fsp3) is 0.514. The van der Waals surface area contributed by atoms with Gasteiger partial charge in [0.1, 0.15) is 34.2 Å². The predicted octanol–water partition coefficient (Wildman–Crippen LogP) is 10.7. The lowest BCUT2D eigenvalue weighted by atomic mass is 9.90. The van der Waals surface area contributed by atoms with Gasteiger partial charge in [0.2, 0.25) is 47.5 Å². The molecule has 12 N–H and O–H groups in total. The van der Waals surface area contributed by atoms with Crippen molar-refractivity contribution in [1.29, 1.82) is 0 Å². The van der Waals surface area contributed by atoms with E-state index in [1.165, 1.54) is 0 Å². The number of benzene rings is 4. The number of hydrogen-bond donors (Lipinski definition) is 10. The average molecular weight is 1330 g/mol. The minimum atomic E-state index is -0.696. The molecule has 6 aromatic rings. The van der Waals surface area contributed by atoms with Crippen LogP contribution in [0.1, 0.15) is 167 Å².